The summed E-state index contributed by atoms with van der Waals surface area (Å²) in [7, 11) is 1.85. The zero-order valence-corrected chi connectivity index (χ0v) is 11.6. The third kappa shape index (κ3) is 4.64. The van der Waals surface area contributed by atoms with Crippen LogP contribution in [-0.2, 0) is 11.3 Å². The van der Waals surface area contributed by atoms with Crippen molar-refractivity contribution in [1.29, 1.82) is 0 Å². The quantitative estimate of drug-likeness (QED) is 0.842. The number of nitrogens with zero attached hydrogens (tertiary/aromatic N) is 3. The summed E-state index contributed by atoms with van der Waals surface area (Å²) in [6, 6.07) is 5.84. The van der Waals surface area contributed by atoms with E-state index in [-0.39, 0.29) is 12.2 Å². The lowest BCUT2D eigenvalue weighted by atomic mass is 10.2. The standard InChI is InChI=1S/C14H16FN3O3/c1-18(8-2-3-13(19)20)9-12-16-14(17-21-12)10-4-6-11(15)7-5-10/h4-7H,2-3,8-9H2,1H3,(H,19,20). The molecular formula is C14H16FN3O3. The Morgan fingerprint density at radius 3 is 2.76 bits per heavy atom. The van der Waals surface area contributed by atoms with Crippen LogP contribution >= 0.6 is 0 Å². The van der Waals surface area contributed by atoms with Gasteiger partial charge in [-0.3, -0.25) is 9.69 Å². The van der Waals surface area contributed by atoms with Gasteiger partial charge in [-0.2, -0.15) is 4.98 Å². The molecular weight excluding hydrogens is 277 g/mol. The second-order valence-electron chi connectivity index (χ2n) is 4.75. The van der Waals surface area contributed by atoms with Crippen LogP contribution in [0, 0.1) is 5.82 Å². The molecule has 0 amide bonds. The second kappa shape index (κ2) is 6.94. The Morgan fingerprint density at radius 1 is 1.38 bits per heavy atom. The van der Waals surface area contributed by atoms with Crippen molar-refractivity contribution >= 4 is 5.97 Å². The van der Waals surface area contributed by atoms with Crippen molar-refractivity contribution in [2.45, 2.75) is 19.4 Å². The lowest BCUT2D eigenvalue weighted by Gasteiger charge is -2.12. The molecule has 21 heavy (non-hydrogen) atoms. The molecule has 0 bridgehead atoms. The fourth-order valence-corrected chi connectivity index (χ4v) is 1.85. The van der Waals surface area contributed by atoms with Gasteiger partial charge in [0, 0.05) is 12.0 Å². The summed E-state index contributed by atoms with van der Waals surface area (Å²) in [5, 5.41) is 12.4. The van der Waals surface area contributed by atoms with Gasteiger partial charge in [0.1, 0.15) is 5.82 Å². The Labute approximate surface area is 121 Å². The number of carboxylic acid groups (broad SMARTS) is 1. The van der Waals surface area contributed by atoms with Crippen LogP contribution in [0.2, 0.25) is 0 Å². The van der Waals surface area contributed by atoms with Crippen molar-refractivity contribution in [3.8, 4) is 11.4 Å². The predicted molar refractivity (Wildman–Crippen MR) is 72.9 cm³/mol. The number of rotatable bonds is 7. The first-order chi connectivity index (χ1) is 10.0. The first kappa shape index (κ1) is 15.1. The Hall–Kier alpha value is -2.28. The number of halogens is 1. The van der Waals surface area contributed by atoms with Gasteiger partial charge in [0.25, 0.3) is 0 Å². The van der Waals surface area contributed by atoms with Crippen LogP contribution in [0.5, 0.6) is 0 Å². The van der Waals surface area contributed by atoms with E-state index < -0.39 is 5.97 Å². The SMILES string of the molecule is CN(CCCC(=O)O)Cc1nc(-c2ccc(F)cc2)no1. The van der Waals surface area contributed by atoms with E-state index in [9.17, 15) is 9.18 Å². The molecule has 1 heterocycles. The molecule has 1 N–H and O–H groups in total. The minimum atomic E-state index is -0.806. The molecule has 0 spiro atoms. The highest BCUT2D eigenvalue weighted by Gasteiger charge is 2.11. The van der Waals surface area contributed by atoms with Crippen molar-refractivity contribution in [2.24, 2.45) is 0 Å². The maximum absolute atomic E-state index is 12.8. The predicted octanol–water partition coefficient (Wildman–Crippen LogP) is 2.17. The Kier molecular flexibility index (Phi) is 4.99. The molecule has 0 saturated heterocycles. The second-order valence-corrected chi connectivity index (χ2v) is 4.75. The molecule has 2 rings (SSSR count). The molecule has 0 unspecified atom stereocenters. The van der Waals surface area contributed by atoms with E-state index >= 15 is 0 Å². The van der Waals surface area contributed by atoms with E-state index in [0.29, 0.717) is 36.8 Å². The fourth-order valence-electron chi connectivity index (χ4n) is 1.85. The smallest absolute Gasteiger partial charge is 0.303 e. The van der Waals surface area contributed by atoms with Gasteiger partial charge in [0.15, 0.2) is 0 Å². The maximum Gasteiger partial charge on any atom is 0.303 e. The first-order valence-electron chi connectivity index (χ1n) is 6.53. The summed E-state index contributed by atoms with van der Waals surface area (Å²) >= 11 is 0. The third-order valence-corrected chi connectivity index (χ3v) is 2.91. The molecule has 0 radical (unpaired) electrons. The van der Waals surface area contributed by atoms with Gasteiger partial charge in [-0.15, -0.1) is 0 Å². The van der Waals surface area contributed by atoms with Crippen LogP contribution < -0.4 is 0 Å². The summed E-state index contributed by atoms with van der Waals surface area (Å²) < 4.78 is 18.0. The summed E-state index contributed by atoms with van der Waals surface area (Å²) in [6.07, 6.45) is 0.694. The zero-order chi connectivity index (χ0) is 15.2. The summed E-state index contributed by atoms with van der Waals surface area (Å²) in [4.78, 5) is 16.6. The summed E-state index contributed by atoms with van der Waals surface area (Å²) in [5.41, 5.74) is 0.680. The Bertz CT molecular complexity index is 598. The highest BCUT2D eigenvalue weighted by atomic mass is 19.1. The number of hydrogen-bond donors (Lipinski definition) is 1. The summed E-state index contributed by atoms with van der Waals surface area (Å²) in [5.74, 6) is -0.281. The molecule has 2 aromatic rings. The van der Waals surface area contributed by atoms with Gasteiger partial charge in [-0.1, -0.05) is 5.16 Å². The number of carbonyl (C=O) groups is 1. The van der Waals surface area contributed by atoms with E-state index in [4.69, 9.17) is 9.63 Å². The average molecular weight is 293 g/mol. The molecule has 0 aliphatic carbocycles. The van der Waals surface area contributed by atoms with Gasteiger partial charge < -0.3 is 9.63 Å². The van der Waals surface area contributed by atoms with Gasteiger partial charge in [0.2, 0.25) is 11.7 Å². The van der Waals surface area contributed by atoms with Crippen LogP contribution in [-0.4, -0.2) is 39.7 Å². The van der Waals surface area contributed by atoms with Gasteiger partial charge in [-0.25, -0.2) is 4.39 Å². The summed E-state index contributed by atoms with van der Waals surface area (Å²) in [6.45, 7) is 1.06. The van der Waals surface area contributed by atoms with Crippen molar-refractivity contribution in [1.82, 2.24) is 15.0 Å². The number of hydrogen-bond acceptors (Lipinski definition) is 5. The van der Waals surface area contributed by atoms with E-state index in [1.165, 1.54) is 12.1 Å². The Morgan fingerprint density at radius 2 is 2.10 bits per heavy atom. The minimum absolute atomic E-state index is 0.134. The minimum Gasteiger partial charge on any atom is -0.481 e. The van der Waals surface area contributed by atoms with Crippen LogP contribution in [0.25, 0.3) is 11.4 Å². The molecule has 7 heteroatoms. The first-order valence-corrected chi connectivity index (χ1v) is 6.53. The normalized spacial score (nSPS) is 11.0. The number of aromatic nitrogens is 2. The highest BCUT2D eigenvalue weighted by molar-refractivity contribution is 5.66. The van der Waals surface area contributed by atoms with Crippen LogP contribution in [0.3, 0.4) is 0 Å². The number of aliphatic carboxylic acids is 1. The largest absolute Gasteiger partial charge is 0.481 e. The van der Waals surface area contributed by atoms with Crippen LogP contribution in [0.1, 0.15) is 18.7 Å². The average Bonchev–Trinajstić information content (AvgIpc) is 2.87. The fraction of sp³-hybridized carbons (Fsp3) is 0.357. The maximum atomic E-state index is 12.8. The molecule has 0 saturated carbocycles. The van der Waals surface area contributed by atoms with E-state index in [1.54, 1.807) is 12.1 Å². The topological polar surface area (TPSA) is 79.5 Å². The molecule has 112 valence electrons. The lowest BCUT2D eigenvalue weighted by Crippen LogP contribution is -2.20. The van der Waals surface area contributed by atoms with Crippen molar-refractivity contribution in [2.75, 3.05) is 13.6 Å². The van der Waals surface area contributed by atoms with Gasteiger partial charge in [0.05, 0.1) is 6.54 Å². The van der Waals surface area contributed by atoms with Crippen LogP contribution in [0.15, 0.2) is 28.8 Å². The molecule has 0 aliphatic rings. The lowest BCUT2D eigenvalue weighted by molar-refractivity contribution is -0.137. The third-order valence-electron chi connectivity index (χ3n) is 2.91. The molecule has 1 aromatic heterocycles. The van der Waals surface area contributed by atoms with Crippen molar-refractivity contribution < 1.29 is 18.8 Å². The van der Waals surface area contributed by atoms with Crippen molar-refractivity contribution in [3.05, 3.63) is 36.0 Å². The van der Waals surface area contributed by atoms with E-state index in [1.807, 2.05) is 11.9 Å². The monoisotopic (exact) mass is 293 g/mol. The van der Waals surface area contributed by atoms with E-state index in [0.717, 1.165) is 0 Å². The van der Waals surface area contributed by atoms with Crippen LogP contribution in [0.4, 0.5) is 4.39 Å². The zero-order valence-electron chi connectivity index (χ0n) is 11.6. The van der Waals surface area contributed by atoms with Gasteiger partial charge in [-0.05, 0) is 44.3 Å². The van der Waals surface area contributed by atoms with Gasteiger partial charge >= 0.3 is 5.97 Å². The molecule has 1 aromatic carbocycles. The molecule has 0 aliphatic heterocycles. The Balaban J connectivity index is 1.90. The highest BCUT2D eigenvalue weighted by Crippen LogP contribution is 2.16. The molecule has 0 atom stereocenters. The molecule has 6 nitrogen and oxygen atoms in total. The van der Waals surface area contributed by atoms with E-state index in [2.05, 4.69) is 10.1 Å². The molecule has 0 fully saturated rings. The number of carboxylic acids is 1. The van der Waals surface area contributed by atoms with Crippen molar-refractivity contribution in [3.63, 3.8) is 0 Å². The number of benzene rings is 1.